The van der Waals surface area contributed by atoms with E-state index >= 15 is 0 Å². The molecule has 0 bridgehead atoms. The minimum Gasteiger partial charge on any atom is -0.467 e. The molecule has 2 amide bonds. The van der Waals surface area contributed by atoms with Gasteiger partial charge in [-0.05, 0) is 49.9 Å². The second-order valence-corrected chi connectivity index (χ2v) is 8.96. The average molecular weight is 446 g/mol. The number of hydrogen-bond acceptors (Lipinski definition) is 5. The molecule has 2 aromatic carbocycles. The maximum atomic E-state index is 13.7. The summed E-state index contributed by atoms with van der Waals surface area (Å²) in [6, 6.07) is 13.4. The lowest BCUT2D eigenvalue weighted by Crippen LogP contribution is -2.60. The van der Waals surface area contributed by atoms with Gasteiger partial charge in [0.1, 0.15) is 0 Å². The molecule has 1 saturated heterocycles. The van der Waals surface area contributed by atoms with Crippen molar-refractivity contribution in [2.24, 2.45) is 5.92 Å². The number of aromatic amines is 1. The van der Waals surface area contributed by atoms with Crippen LogP contribution >= 0.6 is 0 Å². The van der Waals surface area contributed by atoms with E-state index in [0.29, 0.717) is 24.2 Å². The second kappa shape index (κ2) is 7.85. The van der Waals surface area contributed by atoms with Crippen molar-refractivity contribution >= 4 is 28.7 Å². The Balaban J connectivity index is 1.58. The maximum absolute atomic E-state index is 13.7. The number of imide groups is 1. The molecule has 1 fully saturated rings. The Labute approximate surface area is 192 Å². The summed E-state index contributed by atoms with van der Waals surface area (Å²) in [5.41, 5.74) is 3.61. The van der Waals surface area contributed by atoms with Crippen molar-refractivity contribution in [2.75, 3.05) is 20.2 Å². The summed E-state index contributed by atoms with van der Waals surface area (Å²) < 4.78 is 5.24. The summed E-state index contributed by atoms with van der Waals surface area (Å²) in [5, 5.41) is 4.36. The number of likely N-dealkylation sites (tertiary alicyclic amines) is 1. The maximum Gasteiger partial charge on any atom is 0.333 e. The standard InChI is InChI=1S/C26H27N3O4/c1-15-8-9-17(16(2)14-15)23(30)29-13-11-20(24(29)31)26(25(32)33-3)22-19(10-12-27-26)18-6-4-5-7-21(18)28-22/h4-9,14,20,27-28H,10-13H2,1-3H3/t20-,26+/m0/s1. The average Bonchev–Trinajstić information content (AvgIpc) is 3.39. The quantitative estimate of drug-likeness (QED) is 0.478. The van der Waals surface area contributed by atoms with Crippen molar-refractivity contribution in [3.63, 3.8) is 0 Å². The van der Waals surface area contributed by atoms with Gasteiger partial charge < -0.3 is 9.72 Å². The van der Waals surface area contributed by atoms with Crippen molar-refractivity contribution in [1.82, 2.24) is 15.2 Å². The van der Waals surface area contributed by atoms with Crippen LogP contribution in [0.4, 0.5) is 0 Å². The van der Waals surface area contributed by atoms with Gasteiger partial charge in [0.15, 0.2) is 5.54 Å². The number of H-pyrrole nitrogens is 1. The lowest BCUT2D eigenvalue weighted by molar-refractivity contribution is -0.156. The summed E-state index contributed by atoms with van der Waals surface area (Å²) in [4.78, 5) is 45.0. The Morgan fingerprint density at radius 1 is 1.15 bits per heavy atom. The van der Waals surface area contributed by atoms with Gasteiger partial charge in [-0.15, -0.1) is 0 Å². The summed E-state index contributed by atoms with van der Waals surface area (Å²) in [5.74, 6) is -1.96. The van der Waals surface area contributed by atoms with Crippen molar-refractivity contribution in [3.8, 4) is 0 Å². The fourth-order valence-electron chi connectivity index (χ4n) is 5.53. The molecule has 7 nitrogen and oxygen atoms in total. The third-order valence-electron chi connectivity index (χ3n) is 7.08. The molecule has 33 heavy (non-hydrogen) atoms. The van der Waals surface area contributed by atoms with Crippen molar-refractivity contribution in [2.45, 2.75) is 32.2 Å². The van der Waals surface area contributed by atoms with E-state index in [1.165, 1.54) is 12.0 Å². The molecule has 0 spiro atoms. The zero-order valence-corrected chi connectivity index (χ0v) is 19.0. The smallest absolute Gasteiger partial charge is 0.333 e. The monoisotopic (exact) mass is 445 g/mol. The SMILES string of the molecule is COC(=O)[C@]1([C@H]2CCN(C(=O)c3ccc(C)cc3C)C2=O)NCCc2c1[nH]c1ccccc21. The lowest BCUT2D eigenvalue weighted by Gasteiger charge is -2.39. The number of hydrogen-bond donors (Lipinski definition) is 2. The molecule has 170 valence electrons. The second-order valence-electron chi connectivity index (χ2n) is 8.96. The molecule has 0 unspecified atom stereocenters. The number of amides is 2. The molecule has 0 aliphatic carbocycles. The largest absolute Gasteiger partial charge is 0.467 e. The van der Waals surface area contributed by atoms with Crippen LogP contribution in [0.3, 0.4) is 0 Å². The number of carbonyl (C=O) groups is 3. The summed E-state index contributed by atoms with van der Waals surface area (Å²) >= 11 is 0. The van der Waals surface area contributed by atoms with E-state index in [1.54, 1.807) is 6.07 Å². The van der Waals surface area contributed by atoms with Crippen LogP contribution in [0.1, 0.15) is 39.2 Å². The highest BCUT2D eigenvalue weighted by Gasteiger charge is 2.58. The number of nitrogens with one attached hydrogen (secondary N) is 2. The van der Waals surface area contributed by atoms with Gasteiger partial charge in [-0.25, -0.2) is 4.79 Å². The molecule has 3 aromatic rings. The third kappa shape index (κ3) is 3.10. The number of aryl methyl sites for hydroxylation is 2. The third-order valence-corrected chi connectivity index (χ3v) is 7.08. The molecule has 5 rings (SSSR count). The number of benzene rings is 2. The van der Waals surface area contributed by atoms with Gasteiger partial charge in [-0.3, -0.25) is 19.8 Å². The Morgan fingerprint density at radius 3 is 2.70 bits per heavy atom. The summed E-state index contributed by atoms with van der Waals surface area (Å²) in [6.45, 7) is 4.61. The highest BCUT2D eigenvalue weighted by Crippen LogP contribution is 2.43. The minimum atomic E-state index is -1.37. The zero-order chi connectivity index (χ0) is 23.3. The van der Waals surface area contributed by atoms with Gasteiger partial charge in [-0.1, -0.05) is 35.9 Å². The van der Waals surface area contributed by atoms with Gasteiger partial charge in [-0.2, -0.15) is 0 Å². The van der Waals surface area contributed by atoms with E-state index in [1.807, 2.05) is 50.2 Å². The zero-order valence-electron chi connectivity index (χ0n) is 19.0. The molecule has 2 aliphatic heterocycles. The molecule has 1 aromatic heterocycles. The first kappa shape index (κ1) is 21.4. The van der Waals surface area contributed by atoms with Crippen LogP contribution in [0, 0.1) is 19.8 Å². The number of fused-ring (bicyclic) bond motifs is 3. The molecule has 7 heteroatoms. The normalized spacial score (nSPS) is 22.5. The van der Waals surface area contributed by atoms with Crippen LogP contribution in [0.2, 0.25) is 0 Å². The Bertz CT molecular complexity index is 1290. The van der Waals surface area contributed by atoms with Crippen molar-refractivity contribution < 1.29 is 19.1 Å². The number of rotatable bonds is 3. The van der Waals surface area contributed by atoms with Crippen LogP contribution in [-0.4, -0.2) is 47.9 Å². The Morgan fingerprint density at radius 2 is 1.94 bits per heavy atom. The first-order chi connectivity index (χ1) is 15.9. The van der Waals surface area contributed by atoms with Crippen molar-refractivity contribution in [3.05, 3.63) is 70.4 Å². The molecule has 0 radical (unpaired) electrons. The van der Waals surface area contributed by atoms with Crippen LogP contribution in [-0.2, 0) is 26.3 Å². The predicted octanol–water partition coefficient (Wildman–Crippen LogP) is 2.99. The Kier molecular flexibility index (Phi) is 5.09. The topological polar surface area (TPSA) is 91.5 Å². The van der Waals surface area contributed by atoms with Crippen LogP contribution in [0.5, 0.6) is 0 Å². The van der Waals surface area contributed by atoms with Crippen LogP contribution in [0.25, 0.3) is 10.9 Å². The first-order valence-corrected chi connectivity index (χ1v) is 11.2. The number of methoxy groups -OCH3 is 1. The number of ether oxygens (including phenoxy) is 1. The van der Waals surface area contributed by atoms with E-state index < -0.39 is 17.4 Å². The van der Waals surface area contributed by atoms with Crippen molar-refractivity contribution in [1.29, 1.82) is 0 Å². The lowest BCUT2D eigenvalue weighted by atomic mass is 9.75. The van der Waals surface area contributed by atoms with Gasteiger partial charge in [0.25, 0.3) is 5.91 Å². The number of aromatic nitrogens is 1. The molecule has 2 atom stereocenters. The molecule has 3 heterocycles. The number of para-hydroxylation sites is 1. The molecule has 2 N–H and O–H groups in total. The molecular weight excluding hydrogens is 418 g/mol. The van der Waals surface area contributed by atoms with E-state index in [0.717, 1.165) is 34.0 Å². The molecule has 2 aliphatic rings. The van der Waals surface area contributed by atoms with E-state index in [4.69, 9.17) is 4.74 Å². The van der Waals surface area contributed by atoms with E-state index in [9.17, 15) is 14.4 Å². The predicted molar refractivity (Wildman–Crippen MR) is 124 cm³/mol. The number of carbonyl (C=O) groups excluding carboxylic acids is 3. The van der Waals surface area contributed by atoms with Gasteiger partial charge in [0.05, 0.1) is 18.7 Å². The summed E-state index contributed by atoms with van der Waals surface area (Å²) in [7, 11) is 1.33. The fraction of sp³-hybridized carbons (Fsp3) is 0.346. The number of nitrogens with zero attached hydrogens (tertiary/aromatic N) is 1. The van der Waals surface area contributed by atoms with Crippen LogP contribution in [0.15, 0.2) is 42.5 Å². The van der Waals surface area contributed by atoms with Crippen LogP contribution < -0.4 is 5.32 Å². The summed E-state index contributed by atoms with van der Waals surface area (Å²) in [6.07, 6.45) is 1.09. The molecular formula is C26H27N3O4. The molecule has 0 saturated carbocycles. The fourth-order valence-corrected chi connectivity index (χ4v) is 5.53. The minimum absolute atomic E-state index is 0.256. The first-order valence-electron chi connectivity index (χ1n) is 11.2. The van der Waals surface area contributed by atoms with E-state index in [2.05, 4.69) is 10.3 Å². The Hall–Kier alpha value is -3.45. The van der Waals surface area contributed by atoms with Gasteiger partial charge >= 0.3 is 5.97 Å². The van der Waals surface area contributed by atoms with Gasteiger partial charge in [0, 0.05) is 29.6 Å². The highest BCUT2D eigenvalue weighted by molar-refractivity contribution is 6.09. The highest BCUT2D eigenvalue weighted by atomic mass is 16.5. The van der Waals surface area contributed by atoms with E-state index in [-0.39, 0.29) is 18.4 Å². The number of esters is 1. The van der Waals surface area contributed by atoms with Gasteiger partial charge in [0.2, 0.25) is 5.91 Å².